The normalized spacial score (nSPS) is 10.2. The highest BCUT2D eigenvalue weighted by Gasteiger charge is 2.06. The van der Waals surface area contributed by atoms with Crippen molar-refractivity contribution in [3.63, 3.8) is 0 Å². The van der Waals surface area contributed by atoms with Gasteiger partial charge in [-0.3, -0.25) is 0 Å². The van der Waals surface area contributed by atoms with Crippen molar-refractivity contribution in [2.45, 2.75) is 0 Å². The fourth-order valence-electron chi connectivity index (χ4n) is 1.07. The van der Waals surface area contributed by atoms with Gasteiger partial charge in [0.1, 0.15) is 5.75 Å². The Morgan fingerprint density at radius 2 is 2.33 bits per heavy atom. The summed E-state index contributed by atoms with van der Waals surface area (Å²) in [7, 11) is 1.46. The minimum atomic E-state index is -0.563. The second kappa shape index (κ2) is 3.74. The molecular weight excluding hydrogens is 218 g/mol. The van der Waals surface area contributed by atoms with Crippen LogP contribution in [0.15, 0.2) is 27.4 Å². The van der Waals surface area contributed by atoms with Crippen LogP contribution >= 0.6 is 11.3 Å². The molecule has 1 heterocycles. The van der Waals surface area contributed by atoms with Crippen LogP contribution in [0.4, 0.5) is 4.79 Å². The third kappa shape index (κ3) is 1.99. The second-order valence-electron chi connectivity index (χ2n) is 2.70. The lowest BCUT2D eigenvalue weighted by molar-refractivity contribution is 0.203. The summed E-state index contributed by atoms with van der Waals surface area (Å²) in [6, 6.07) is 4.77. The van der Waals surface area contributed by atoms with Gasteiger partial charge in [0, 0.05) is 13.1 Å². The molecule has 6 heteroatoms. The third-order valence-corrected chi connectivity index (χ3v) is 2.52. The predicted octanol–water partition coefficient (Wildman–Crippen LogP) is 1.57. The summed E-state index contributed by atoms with van der Waals surface area (Å²) < 4.78 is 10.5. The summed E-state index contributed by atoms with van der Waals surface area (Å²) in [5, 5.41) is 2.32. The molecule has 0 aliphatic rings. The largest absolute Gasteiger partial charge is 0.414 e. The molecule has 2 aromatic rings. The van der Waals surface area contributed by atoms with Crippen LogP contribution in [0.1, 0.15) is 0 Å². The van der Waals surface area contributed by atoms with E-state index in [4.69, 9.17) is 9.15 Å². The lowest BCUT2D eigenvalue weighted by Gasteiger charge is -2.01. The zero-order valence-corrected chi connectivity index (χ0v) is 8.59. The van der Waals surface area contributed by atoms with E-state index in [1.165, 1.54) is 13.1 Å². The van der Waals surface area contributed by atoms with Crippen molar-refractivity contribution < 1.29 is 13.9 Å². The molecule has 1 aromatic carbocycles. The lowest BCUT2D eigenvalue weighted by atomic mass is 10.3. The van der Waals surface area contributed by atoms with E-state index in [-0.39, 0.29) is 4.94 Å². The molecule has 0 atom stereocenters. The van der Waals surface area contributed by atoms with Gasteiger partial charge in [-0.05, 0) is 12.1 Å². The topological polar surface area (TPSA) is 68.5 Å². The molecule has 0 unspecified atom stereocenters. The molecule has 5 nitrogen and oxygen atoms in total. The molecule has 1 amide bonds. The van der Waals surface area contributed by atoms with Crippen LogP contribution < -0.4 is 15.0 Å². The molecule has 0 bridgehead atoms. The molecule has 0 spiro atoms. The minimum absolute atomic E-state index is 0.336. The van der Waals surface area contributed by atoms with Crippen molar-refractivity contribution in [3.8, 4) is 5.75 Å². The zero-order chi connectivity index (χ0) is 10.8. The predicted molar refractivity (Wildman–Crippen MR) is 55.4 cm³/mol. The average molecular weight is 225 g/mol. The van der Waals surface area contributed by atoms with E-state index >= 15 is 0 Å². The van der Waals surface area contributed by atoms with Crippen molar-refractivity contribution in [3.05, 3.63) is 27.9 Å². The highest BCUT2D eigenvalue weighted by Crippen LogP contribution is 2.22. The number of amides is 1. The molecule has 0 aliphatic carbocycles. The Morgan fingerprint density at radius 1 is 1.53 bits per heavy atom. The number of hydrogen-bond donors (Lipinski definition) is 1. The Kier molecular flexibility index (Phi) is 2.42. The Morgan fingerprint density at radius 3 is 3.07 bits per heavy atom. The van der Waals surface area contributed by atoms with Crippen molar-refractivity contribution in [2.24, 2.45) is 0 Å². The van der Waals surface area contributed by atoms with E-state index in [2.05, 4.69) is 5.32 Å². The number of fused-ring (bicyclic) bond motifs is 1. The Labute approximate surface area is 88.3 Å². The number of benzene rings is 1. The highest BCUT2D eigenvalue weighted by atomic mass is 32.1. The SMILES string of the molecule is CNC(=O)Oc1ccc2sc(=O)oc2c1. The first-order chi connectivity index (χ1) is 7.19. The first-order valence-corrected chi connectivity index (χ1v) is 4.94. The summed E-state index contributed by atoms with van der Waals surface area (Å²) in [5.41, 5.74) is 0.423. The third-order valence-electron chi connectivity index (χ3n) is 1.72. The molecule has 2 rings (SSSR count). The Balaban J connectivity index is 2.38. The van der Waals surface area contributed by atoms with Gasteiger partial charge in [0.2, 0.25) is 0 Å². The Hall–Kier alpha value is -1.82. The molecule has 78 valence electrons. The van der Waals surface area contributed by atoms with Gasteiger partial charge >= 0.3 is 11.0 Å². The average Bonchev–Trinajstić information content (AvgIpc) is 2.57. The maximum Gasteiger partial charge on any atom is 0.412 e. The van der Waals surface area contributed by atoms with Gasteiger partial charge in [-0.15, -0.1) is 0 Å². The van der Waals surface area contributed by atoms with E-state index in [0.717, 1.165) is 16.0 Å². The summed E-state index contributed by atoms with van der Waals surface area (Å²) in [4.78, 5) is 21.4. The van der Waals surface area contributed by atoms with Crippen LogP contribution in [-0.2, 0) is 0 Å². The van der Waals surface area contributed by atoms with Gasteiger partial charge in [-0.1, -0.05) is 11.3 Å². The van der Waals surface area contributed by atoms with Gasteiger partial charge in [-0.2, -0.15) is 0 Å². The monoisotopic (exact) mass is 225 g/mol. The molecule has 0 fully saturated rings. The number of hydrogen-bond acceptors (Lipinski definition) is 5. The quantitative estimate of drug-likeness (QED) is 0.799. The first-order valence-electron chi connectivity index (χ1n) is 4.12. The number of carbonyl (C=O) groups excluding carboxylic acids is 1. The fourth-order valence-corrected chi connectivity index (χ4v) is 1.72. The van der Waals surface area contributed by atoms with E-state index < -0.39 is 6.09 Å². The molecular formula is C9H7NO4S. The Bertz CT molecular complexity index is 556. The standard InChI is InChI=1S/C9H7NO4S/c1-10-8(11)13-5-2-3-7-6(4-5)14-9(12)15-7/h2-4H,1H3,(H,10,11). The summed E-state index contributed by atoms with van der Waals surface area (Å²) in [5.74, 6) is 0.336. The highest BCUT2D eigenvalue weighted by molar-refractivity contribution is 7.16. The van der Waals surface area contributed by atoms with Crippen LogP contribution in [0.25, 0.3) is 10.3 Å². The van der Waals surface area contributed by atoms with Gasteiger partial charge in [0.25, 0.3) is 0 Å². The van der Waals surface area contributed by atoms with E-state index in [0.29, 0.717) is 11.3 Å². The zero-order valence-electron chi connectivity index (χ0n) is 7.77. The smallest absolute Gasteiger partial charge is 0.412 e. The maximum atomic E-state index is 10.9. The van der Waals surface area contributed by atoms with Gasteiger partial charge < -0.3 is 14.5 Å². The molecule has 0 saturated heterocycles. The molecule has 1 N–H and O–H groups in total. The molecule has 0 saturated carbocycles. The van der Waals surface area contributed by atoms with Crippen molar-refractivity contribution in [2.75, 3.05) is 7.05 Å². The van der Waals surface area contributed by atoms with Crippen LogP contribution in [-0.4, -0.2) is 13.1 Å². The van der Waals surface area contributed by atoms with E-state index in [1.54, 1.807) is 12.1 Å². The van der Waals surface area contributed by atoms with Crippen LogP contribution in [0.5, 0.6) is 5.75 Å². The number of nitrogens with one attached hydrogen (secondary N) is 1. The number of carbonyl (C=O) groups is 1. The molecule has 0 radical (unpaired) electrons. The van der Waals surface area contributed by atoms with E-state index in [9.17, 15) is 9.59 Å². The first kappa shape index (κ1) is 9.72. The van der Waals surface area contributed by atoms with Crippen molar-refractivity contribution in [1.29, 1.82) is 0 Å². The molecule has 1 aromatic heterocycles. The summed E-state index contributed by atoms with van der Waals surface area (Å²) in [6.07, 6.45) is -0.563. The minimum Gasteiger partial charge on any atom is -0.414 e. The number of rotatable bonds is 1. The second-order valence-corrected chi connectivity index (χ2v) is 3.68. The van der Waals surface area contributed by atoms with E-state index in [1.807, 2.05) is 0 Å². The van der Waals surface area contributed by atoms with Crippen LogP contribution in [0, 0.1) is 0 Å². The molecule has 15 heavy (non-hydrogen) atoms. The van der Waals surface area contributed by atoms with Gasteiger partial charge in [0.05, 0.1) is 4.70 Å². The fraction of sp³-hybridized carbons (Fsp3) is 0.111. The summed E-state index contributed by atoms with van der Waals surface area (Å²) >= 11 is 1.01. The number of ether oxygens (including phenoxy) is 1. The van der Waals surface area contributed by atoms with Gasteiger partial charge in [-0.25, -0.2) is 9.59 Å². The summed E-state index contributed by atoms with van der Waals surface area (Å²) in [6.45, 7) is 0. The lowest BCUT2D eigenvalue weighted by Crippen LogP contribution is -2.21. The van der Waals surface area contributed by atoms with Crippen molar-refractivity contribution in [1.82, 2.24) is 5.32 Å². The van der Waals surface area contributed by atoms with Crippen LogP contribution in [0.2, 0.25) is 0 Å². The maximum absolute atomic E-state index is 10.9. The van der Waals surface area contributed by atoms with Crippen LogP contribution in [0.3, 0.4) is 0 Å². The van der Waals surface area contributed by atoms with Crippen molar-refractivity contribution >= 4 is 27.7 Å². The van der Waals surface area contributed by atoms with Gasteiger partial charge in [0.15, 0.2) is 5.58 Å². The molecule has 0 aliphatic heterocycles.